The Labute approximate surface area is 354 Å². The summed E-state index contributed by atoms with van der Waals surface area (Å²) in [6.45, 7) is 14.1. The van der Waals surface area contributed by atoms with Crippen LogP contribution in [0.1, 0.15) is 61.1 Å². The maximum absolute atomic E-state index is 2.56. The van der Waals surface area contributed by atoms with E-state index in [1.54, 1.807) is 0 Å². The summed E-state index contributed by atoms with van der Waals surface area (Å²) in [6.07, 6.45) is 0. The Morgan fingerprint density at radius 1 is 0.300 bits per heavy atom. The minimum atomic E-state index is -0.153. The second-order valence-corrected chi connectivity index (χ2v) is 18.0. The first-order valence-corrected chi connectivity index (χ1v) is 21.3. The Morgan fingerprint density at radius 3 is 1.08 bits per heavy atom. The SMILES string of the molecule is Cc1ccccc1N(c1ccccc1)c1ccc2cc3c(cc2c1)C(C)(C)c1cc2c(cc1-3)-c1cc3ccc(N(c4ccccc4)c4ccccc4C)cc3cc1C2(C)C. The molecule has 0 fully saturated rings. The van der Waals surface area contributed by atoms with Crippen molar-refractivity contribution in [3.05, 3.63) is 215 Å². The molecule has 0 unspecified atom stereocenters. The summed E-state index contributed by atoms with van der Waals surface area (Å²) in [4.78, 5) is 4.78. The minimum absolute atomic E-state index is 0.153. The zero-order valence-electron chi connectivity index (χ0n) is 35.2. The van der Waals surface area contributed by atoms with Gasteiger partial charge in [-0.1, -0.05) is 119 Å². The van der Waals surface area contributed by atoms with Gasteiger partial charge in [-0.25, -0.2) is 0 Å². The van der Waals surface area contributed by atoms with E-state index in [1.165, 1.54) is 88.6 Å². The van der Waals surface area contributed by atoms with Crippen molar-refractivity contribution in [3.63, 3.8) is 0 Å². The zero-order chi connectivity index (χ0) is 40.9. The topological polar surface area (TPSA) is 6.48 Å². The molecular formula is C58H48N2. The van der Waals surface area contributed by atoms with E-state index in [9.17, 15) is 0 Å². The molecule has 0 heterocycles. The number of fused-ring (bicyclic) bond motifs is 8. The number of nitrogens with zero attached hydrogens (tertiary/aromatic N) is 2. The number of para-hydroxylation sites is 4. The molecule has 0 aliphatic heterocycles. The largest absolute Gasteiger partial charge is 0.310 e. The maximum Gasteiger partial charge on any atom is 0.0490 e. The molecule has 2 aliphatic carbocycles. The highest BCUT2D eigenvalue weighted by Crippen LogP contribution is 2.57. The van der Waals surface area contributed by atoms with Gasteiger partial charge >= 0.3 is 0 Å². The monoisotopic (exact) mass is 772 g/mol. The van der Waals surface area contributed by atoms with Gasteiger partial charge < -0.3 is 9.80 Å². The summed E-state index contributed by atoms with van der Waals surface area (Å²) in [5.41, 5.74) is 20.3. The van der Waals surface area contributed by atoms with E-state index >= 15 is 0 Å². The standard InChI is InChI=1S/C58H48N2/c1-37-17-13-15-23-55(37)59(43-19-9-7-10-20-43)45-27-25-39-31-47-49-35-50-48-32-40-26-28-46(60(44-21-11-8-12-22-44)56-24-16-14-18-38(56)2)30-42(40)34-52(48)58(5,6)54(50)36-53(49)57(3,4)51(47)33-41(39)29-45/h7-36H,1-6H3. The van der Waals surface area contributed by atoms with E-state index in [1.807, 2.05) is 0 Å². The third-order valence-electron chi connectivity index (χ3n) is 13.6. The number of anilines is 6. The van der Waals surface area contributed by atoms with E-state index in [4.69, 9.17) is 0 Å². The summed E-state index contributed by atoms with van der Waals surface area (Å²) >= 11 is 0. The van der Waals surface area contributed by atoms with Crippen molar-refractivity contribution in [1.29, 1.82) is 0 Å². The molecule has 9 aromatic carbocycles. The maximum atomic E-state index is 2.56. The molecule has 290 valence electrons. The summed E-state index contributed by atoms with van der Waals surface area (Å²) in [5.74, 6) is 0. The van der Waals surface area contributed by atoms with E-state index in [-0.39, 0.29) is 10.8 Å². The Hall–Kier alpha value is -6.90. The van der Waals surface area contributed by atoms with Gasteiger partial charge in [-0.3, -0.25) is 0 Å². The molecule has 0 saturated carbocycles. The second-order valence-electron chi connectivity index (χ2n) is 18.0. The van der Waals surface area contributed by atoms with Crippen LogP contribution in [-0.2, 0) is 10.8 Å². The molecule has 60 heavy (non-hydrogen) atoms. The highest BCUT2D eigenvalue weighted by Gasteiger charge is 2.42. The van der Waals surface area contributed by atoms with E-state index in [0.717, 1.165) is 22.7 Å². The van der Waals surface area contributed by atoms with Gasteiger partial charge in [0.1, 0.15) is 0 Å². The van der Waals surface area contributed by atoms with Crippen LogP contribution in [0.15, 0.2) is 182 Å². The summed E-state index contributed by atoms with van der Waals surface area (Å²) < 4.78 is 0. The fourth-order valence-corrected chi connectivity index (χ4v) is 10.3. The van der Waals surface area contributed by atoms with Crippen LogP contribution in [0.4, 0.5) is 34.1 Å². The van der Waals surface area contributed by atoms with Crippen LogP contribution in [0.5, 0.6) is 0 Å². The molecule has 9 aromatic rings. The van der Waals surface area contributed by atoms with Crippen molar-refractivity contribution >= 4 is 55.7 Å². The van der Waals surface area contributed by atoms with Crippen molar-refractivity contribution < 1.29 is 0 Å². The Morgan fingerprint density at radius 2 is 0.667 bits per heavy atom. The van der Waals surface area contributed by atoms with Gasteiger partial charge in [0.2, 0.25) is 0 Å². The van der Waals surface area contributed by atoms with E-state index in [0.29, 0.717) is 0 Å². The molecule has 0 spiro atoms. The van der Waals surface area contributed by atoms with Crippen molar-refractivity contribution in [2.45, 2.75) is 52.4 Å². The highest BCUT2D eigenvalue weighted by atomic mass is 15.1. The zero-order valence-corrected chi connectivity index (χ0v) is 35.2. The molecule has 2 nitrogen and oxygen atoms in total. The lowest BCUT2D eigenvalue weighted by Gasteiger charge is -2.28. The lowest BCUT2D eigenvalue weighted by atomic mass is 9.77. The molecule has 0 radical (unpaired) electrons. The predicted molar refractivity (Wildman–Crippen MR) is 255 cm³/mol. The lowest BCUT2D eigenvalue weighted by Crippen LogP contribution is -2.19. The van der Waals surface area contributed by atoms with Gasteiger partial charge in [-0.05, 0) is 182 Å². The Kier molecular flexibility index (Phi) is 8.03. The van der Waals surface area contributed by atoms with Crippen molar-refractivity contribution in [2.75, 3.05) is 9.80 Å². The van der Waals surface area contributed by atoms with Crippen LogP contribution in [0.25, 0.3) is 43.8 Å². The van der Waals surface area contributed by atoms with Crippen LogP contribution in [-0.4, -0.2) is 0 Å². The van der Waals surface area contributed by atoms with Crippen LogP contribution >= 0.6 is 0 Å². The molecule has 0 saturated heterocycles. The summed E-state index contributed by atoms with van der Waals surface area (Å²) in [7, 11) is 0. The third kappa shape index (κ3) is 5.47. The molecule has 0 atom stereocenters. The van der Waals surface area contributed by atoms with Gasteiger partial charge in [-0.2, -0.15) is 0 Å². The summed E-state index contributed by atoms with van der Waals surface area (Å²) in [6, 6.07) is 67.7. The van der Waals surface area contributed by atoms with Crippen molar-refractivity contribution in [2.24, 2.45) is 0 Å². The normalized spacial score (nSPS) is 14.1. The molecule has 2 heteroatoms. The fraction of sp³-hybridized carbons (Fsp3) is 0.138. The average Bonchev–Trinajstić information content (AvgIpc) is 3.61. The summed E-state index contributed by atoms with van der Waals surface area (Å²) in [5, 5.41) is 5.05. The first-order valence-electron chi connectivity index (χ1n) is 21.3. The third-order valence-corrected chi connectivity index (χ3v) is 13.6. The average molecular weight is 773 g/mol. The number of aryl methyl sites for hydroxylation is 2. The Balaban J connectivity index is 1.02. The molecular weight excluding hydrogens is 725 g/mol. The smallest absolute Gasteiger partial charge is 0.0490 e. The fourth-order valence-electron chi connectivity index (χ4n) is 10.3. The van der Waals surface area contributed by atoms with Crippen molar-refractivity contribution in [3.8, 4) is 22.3 Å². The molecule has 11 rings (SSSR count). The molecule has 0 aromatic heterocycles. The highest BCUT2D eigenvalue weighted by molar-refractivity contribution is 6.00. The first kappa shape index (κ1) is 36.2. The molecule has 0 bridgehead atoms. The van der Waals surface area contributed by atoms with Gasteiger partial charge in [0.15, 0.2) is 0 Å². The van der Waals surface area contributed by atoms with Gasteiger partial charge in [0.05, 0.1) is 0 Å². The molecule has 2 aliphatic rings. The van der Waals surface area contributed by atoms with Crippen LogP contribution in [0.2, 0.25) is 0 Å². The number of benzene rings is 9. The second kappa shape index (κ2) is 13.3. The Bertz CT molecular complexity index is 2960. The molecule has 0 N–H and O–H groups in total. The van der Waals surface area contributed by atoms with E-state index < -0.39 is 0 Å². The minimum Gasteiger partial charge on any atom is -0.310 e. The van der Waals surface area contributed by atoms with Crippen molar-refractivity contribution in [1.82, 2.24) is 0 Å². The predicted octanol–water partition coefficient (Wildman–Crippen LogP) is 16.2. The van der Waals surface area contributed by atoms with Gasteiger partial charge in [0.25, 0.3) is 0 Å². The lowest BCUT2D eigenvalue weighted by molar-refractivity contribution is 0.640. The first-order chi connectivity index (χ1) is 29.1. The molecule has 0 amide bonds. The van der Waals surface area contributed by atoms with Crippen LogP contribution in [0, 0.1) is 13.8 Å². The van der Waals surface area contributed by atoms with Crippen LogP contribution in [0.3, 0.4) is 0 Å². The van der Waals surface area contributed by atoms with Gasteiger partial charge in [0, 0.05) is 45.0 Å². The van der Waals surface area contributed by atoms with Gasteiger partial charge in [-0.15, -0.1) is 0 Å². The van der Waals surface area contributed by atoms with Crippen LogP contribution < -0.4 is 9.80 Å². The number of hydrogen-bond donors (Lipinski definition) is 0. The quantitative estimate of drug-likeness (QED) is 0.166. The number of hydrogen-bond acceptors (Lipinski definition) is 2. The van der Waals surface area contributed by atoms with E-state index in [2.05, 4.69) is 233 Å². The number of rotatable bonds is 6.